The Labute approximate surface area is 159 Å². The first-order chi connectivity index (χ1) is 12.1. The minimum absolute atomic E-state index is 0.0265. The number of hydrogen-bond acceptors (Lipinski definition) is 2. The average Bonchev–Trinajstić information content (AvgIpc) is 2.62. The molecule has 0 spiro atoms. The van der Waals surface area contributed by atoms with E-state index in [2.05, 4.69) is 38.1 Å². The predicted octanol–water partition coefficient (Wildman–Crippen LogP) is 6.37. The second-order valence-corrected chi connectivity index (χ2v) is 5.65. The zero-order chi connectivity index (χ0) is 19.5. The highest BCUT2D eigenvalue weighted by molar-refractivity contribution is 6.18. The lowest BCUT2D eigenvalue weighted by molar-refractivity contribution is 0.292. The van der Waals surface area contributed by atoms with Crippen LogP contribution < -0.4 is 0 Å². The molecule has 0 amide bonds. The third kappa shape index (κ3) is 13.2. The topological polar surface area (TPSA) is 23.5 Å². The second-order valence-electron chi connectivity index (χ2n) is 5.34. The Kier molecular flexibility index (Phi) is 18.9. The number of aliphatic hydroxyl groups is 1. The molecule has 0 saturated heterocycles. The van der Waals surface area contributed by atoms with Gasteiger partial charge in [-0.2, -0.15) is 0 Å². The molecule has 0 aromatic heterocycles. The number of halogens is 1. The zero-order valence-corrected chi connectivity index (χ0v) is 16.6. The molecule has 0 bridgehead atoms. The normalized spacial score (nSPS) is 13.1. The fourth-order valence-electron chi connectivity index (χ4n) is 1.91. The number of rotatable bonds is 12. The van der Waals surface area contributed by atoms with Crippen molar-refractivity contribution in [1.82, 2.24) is 4.90 Å². The molecule has 0 radical (unpaired) electrons. The molecule has 0 fully saturated rings. The Balaban J connectivity index is 0. The van der Waals surface area contributed by atoms with E-state index in [0.717, 1.165) is 43.3 Å². The molecule has 0 heterocycles. The molecule has 0 aliphatic carbocycles. The summed E-state index contributed by atoms with van der Waals surface area (Å²) in [6, 6.07) is 0.0265. The molecule has 1 unspecified atom stereocenters. The van der Waals surface area contributed by atoms with Gasteiger partial charge in [-0.05, 0) is 30.9 Å². The molecule has 0 saturated carbocycles. The van der Waals surface area contributed by atoms with Gasteiger partial charge < -0.3 is 5.11 Å². The molecule has 0 aliphatic rings. The molecule has 1 N–H and O–H groups in total. The maximum atomic E-state index is 9.13. The van der Waals surface area contributed by atoms with Gasteiger partial charge in [0.05, 0.1) is 6.26 Å². The van der Waals surface area contributed by atoms with Gasteiger partial charge in [0.2, 0.25) is 0 Å². The van der Waals surface area contributed by atoms with Gasteiger partial charge in [0.25, 0.3) is 0 Å². The van der Waals surface area contributed by atoms with Gasteiger partial charge in [0, 0.05) is 25.0 Å². The van der Waals surface area contributed by atoms with Crippen molar-refractivity contribution >= 4 is 11.6 Å². The summed E-state index contributed by atoms with van der Waals surface area (Å²) in [5.74, 6) is 0.449. The Morgan fingerprint density at radius 2 is 1.64 bits per heavy atom. The largest absolute Gasteiger partial charge is 0.515 e. The molecular weight excluding hydrogens is 330 g/mol. The molecule has 1 atom stereocenters. The minimum atomic E-state index is 0.0265. The summed E-state index contributed by atoms with van der Waals surface area (Å²) in [4.78, 5) is 2.18. The zero-order valence-electron chi connectivity index (χ0n) is 15.8. The summed E-state index contributed by atoms with van der Waals surface area (Å²) < 4.78 is 0. The summed E-state index contributed by atoms with van der Waals surface area (Å²) >= 11 is 6.18. The van der Waals surface area contributed by atoms with E-state index in [0.29, 0.717) is 5.88 Å². The van der Waals surface area contributed by atoms with E-state index in [-0.39, 0.29) is 6.04 Å². The SMILES string of the molecule is C=CCC.C=CC\C=C/C(=C\C(C)=C\O)C(CCl)N(CC=C)CC=C. The number of allylic oxidation sites excluding steroid dienone is 5. The van der Waals surface area contributed by atoms with Gasteiger partial charge in [-0.15, -0.1) is 37.9 Å². The van der Waals surface area contributed by atoms with Crippen molar-refractivity contribution in [3.05, 3.63) is 86.3 Å². The Hall–Kier alpha value is -1.77. The second kappa shape index (κ2) is 18.6. The van der Waals surface area contributed by atoms with E-state index in [1.807, 2.05) is 49.5 Å². The van der Waals surface area contributed by atoms with Crippen LogP contribution in [0.1, 0.15) is 26.7 Å². The van der Waals surface area contributed by atoms with E-state index in [4.69, 9.17) is 16.7 Å². The van der Waals surface area contributed by atoms with Crippen molar-refractivity contribution in [2.75, 3.05) is 19.0 Å². The smallest absolute Gasteiger partial charge is 0.0820 e. The van der Waals surface area contributed by atoms with Crippen molar-refractivity contribution < 1.29 is 5.11 Å². The fraction of sp³-hybridized carbons (Fsp3) is 0.364. The molecular formula is C22H34ClNO. The fourth-order valence-corrected chi connectivity index (χ4v) is 2.29. The first kappa shape index (κ1) is 25.5. The van der Waals surface area contributed by atoms with Crippen molar-refractivity contribution in [3.8, 4) is 0 Å². The summed E-state index contributed by atoms with van der Waals surface area (Å²) in [5.41, 5.74) is 1.82. The Morgan fingerprint density at radius 1 is 1.08 bits per heavy atom. The Bertz CT molecular complexity index is 464. The predicted molar refractivity (Wildman–Crippen MR) is 115 cm³/mol. The van der Waals surface area contributed by atoms with Gasteiger partial charge in [0.1, 0.15) is 0 Å². The molecule has 0 aromatic rings. The lowest BCUT2D eigenvalue weighted by atomic mass is 10.0. The third-order valence-electron chi connectivity index (χ3n) is 3.20. The van der Waals surface area contributed by atoms with Gasteiger partial charge in [0.15, 0.2) is 0 Å². The summed E-state index contributed by atoms with van der Waals surface area (Å²) in [6.45, 7) is 20.1. The number of hydrogen-bond donors (Lipinski definition) is 1. The number of aliphatic hydroxyl groups excluding tert-OH is 1. The standard InChI is InChI=1S/C18H26ClNO.C4H8/c1-5-8-9-10-17(13-16(4)15-21)18(14-19)20(11-6-2)12-7-3;1-3-4-2/h5-7,9-10,13,15,18,21H,1-3,8,11-12,14H2,4H3;3H,1,4H2,2H3/b10-9-,16-15+,17-13+;. The summed E-state index contributed by atoms with van der Waals surface area (Å²) in [7, 11) is 0. The van der Waals surface area contributed by atoms with Crippen LogP contribution in [0.3, 0.4) is 0 Å². The molecule has 0 rings (SSSR count). The summed E-state index contributed by atoms with van der Waals surface area (Å²) in [6.07, 6.45) is 16.4. The maximum absolute atomic E-state index is 9.13. The van der Waals surface area contributed by atoms with Crippen LogP contribution in [-0.4, -0.2) is 35.0 Å². The first-order valence-electron chi connectivity index (χ1n) is 8.48. The van der Waals surface area contributed by atoms with Crippen molar-refractivity contribution in [1.29, 1.82) is 0 Å². The van der Waals surface area contributed by atoms with Crippen LogP contribution in [0.4, 0.5) is 0 Å². The number of alkyl halides is 1. The molecule has 2 nitrogen and oxygen atoms in total. The quantitative estimate of drug-likeness (QED) is 0.188. The maximum Gasteiger partial charge on any atom is 0.0820 e. The van der Waals surface area contributed by atoms with E-state index in [1.165, 1.54) is 0 Å². The highest BCUT2D eigenvalue weighted by atomic mass is 35.5. The molecule has 3 heteroatoms. The molecule has 25 heavy (non-hydrogen) atoms. The summed E-state index contributed by atoms with van der Waals surface area (Å²) in [5, 5.41) is 9.13. The lowest BCUT2D eigenvalue weighted by Crippen LogP contribution is -2.38. The van der Waals surface area contributed by atoms with E-state index >= 15 is 0 Å². The lowest BCUT2D eigenvalue weighted by Gasteiger charge is -2.29. The molecule has 0 aliphatic heterocycles. The minimum Gasteiger partial charge on any atom is -0.515 e. The van der Waals surface area contributed by atoms with Crippen LogP contribution in [0.2, 0.25) is 0 Å². The average molecular weight is 364 g/mol. The number of nitrogens with zero attached hydrogens (tertiary/aromatic N) is 1. The van der Waals surface area contributed by atoms with Crippen LogP contribution in [0.5, 0.6) is 0 Å². The highest BCUT2D eigenvalue weighted by Gasteiger charge is 2.18. The monoisotopic (exact) mass is 363 g/mol. The van der Waals surface area contributed by atoms with E-state index in [1.54, 1.807) is 0 Å². The van der Waals surface area contributed by atoms with Crippen molar-refractivity contribution in [2.45, 2.75) is 32.7 Å². The van der Waals surface area contributed by atoms with Crippen LogP contribution in [-0.2, 0) is 0 Å². The van der Waals surface area contributed by atoms with Crippen molar-refractivity contribution in [2.24, 2.45) is 0 Å². The van der Waals surface area contributed by atoms with Crippen LogP contribution >= 0.6 is 11.6 Å². The van der Waals surface area contributed by atoms with Gasteiger partial charge in [-0.3, -0.25) is 4.90 Å². The van der Waals surface area contributed by atoms with Crippen LogP contribution in [0.15, 0.2) is 86.3 Å². The Morgan fingerprint density at radius 3 is 2.00 bits per heavy atom. The van der Waals surface area contributed by atoms with E-state index < -0.39 is 0 Å². The van der Waals surface area contributed by atoms with E-state index in [9.17, 15) is 0 Å². The first-order valence-corrected chi connectivity index (χ1v) is 9.02. The van der Waals surface area contributed by atoms with Crippen LogP contribution in [0, 0.1) is 0 Å². The van der Waals surface area contributed by atoms with Crippen LogP contribution in [0.25, 0.3) is 0 Å². The van der Waals surface area contributed by atoms with Gasteiger partial charge in [-0.1, -0.05) is 49.5 Å². The third-order valence-corrected chi connectivity index (χ3v) is 3.49. The van der Waals surface area contributed by atoms with Gasteiger partial charge in [-0.25, -0.2) is 0 Å². The molecule has 140 valence electrons. The highest BCUT2D eigenvalue weighted by Crippen LogP contribution is 2.17. The van der Waals surface area contributed by atoms with Crippen molar-refractivity contribution in [3.63, 3.8) is 0 Å². The van der Waals surface area contributed by atoms with Gasteiger partial charge >= 0.3 is 0 Å². The molecule has 0 aromatic carbocycles.